The highest BCUT2D eigenvalue weighted by Crippen LogP contribution is 2.44. The van der Waals surface area contributed by atoms with E-state index in [1.54, 1.807) is 18.2 Å². The van der Waals surface area contributed by atoms with Gasteiger partial charge in [0.1, 0.15) is 36.4 Å². The number of benzene rings is 3. The second kappa shape index (κ2) is 8.13. The molecule has 0 atom stereocenters. The SMILES string of the molecule is O=C(OCCOc1ccc(Cl)cc1Cl)C1c2ccccc2Oc2ccccc21. The Balaban J connectivity index is 1.45. The van der Waals surface area contributed by atoms with Crippen LogP contribution in [0.3, 0.4) is 0 Å². The molecule has 1 aliphatic heterocycles. The van der Waals surface area contributed by atoms with E-state index in [0.29, 0.717) is 27.3 Å². The molecule has 0 fully saturated rings. The summed E-state index contributed by atoms with van der Waals surface area (Å²) in [5, 5.41) is 0.937. The molecule has 4 nitrogen and oxygen atoms in total. The van der Waals surface area contributed by atoms with Crippen LogP contribution in [0, 0.1) is 0 Å². The molecule has 142 valence electrons. The van der Waals surface area contributed by atoms with Crippen molar-refractivity contribution in [2.24, 2.45) is 0 Å². The van der Waals surface area contributed by atoms with Gasteiger partial charge in [0, 0.05) is 16.1 Å². The zero-order valence-electron chi connectivity index (χ0n) is 14.7. The lowest BCUT2D eigenvalue weighted by Crippen LogP contribution is -2.23. The van der Waals surface area contributed by atoms with Gasteiger partial charge in [-0.3, -0.25) is 4.79 Å². The summed E-state index contributed by atoms with van der Waals surface area (Å²) in [5.74, 6) is 0.915. The van der Waals surface area contributed by atoms with Crippen molar-refractivity contribution in [3.05, 3.63) is 87.9 Å². The van der Waals surface area contributed by atoms with Gasteiger partial charge in [-0.1, -0.05) is 59.6 Å². The molecule has 4 rings (SSSR count). The van der Waals surface area contributed by atoms with Crippen LogP contribution < -0.4 is 9.47 Å². The zero-order chi connectivity index (χ0) is 19.5. The van der Waals surface area contributed by atoms with Gasteiger partial charge in [-0.15, -0.1) is 0 Å². The second-order valence-corrected chi connectivity index (χ2v) is 7.05. The highest BCUT2D eigenvalue weighted by Gasteiger charge is 2.33. The minimum atomic E-state index is -0.541. The van der Waals surface area contributed by atoms with Crippen molar-refractivity contribution in [1.82, 2.24) is 0 Å². The number of carbonyl (C=O) groups excluding carboxylic acids is 1. The van der Waals surface area contributed by atoms with Gasteiger partial charge in [-0.2, -0.15) is 0 Å². The molecule has 0 unspecified atom stereocenters. The third kappa shape index (κ3) is 3.79. The van der Waals surface area contributed by atoms with Crippen molar-refractivity contribution in [2.75, 3.05) is 13.2 Å². The van der Waals surface area contributed by atoms with Crippen molar-refractivity contribution in [3.63, 3.8) is 0 Å². The molecule has 3 aromatic carbocycles. The van der Waals surface area contributed by atoms with E-state index in [2.05, 4.69) is 0 Å². The Labute approximate surface area is 172 Å². The number of halogens is 2. The van der Waals surface area contributed by atoms with Crippen LogP contribution in [0.5, 0.6) is 17.2 Å². The first-order valence-electron chi connectivity index (χ1n) is 8.73. The van der Waals surface area contributed by atoms with Crippen molar-refractivity contribution in [1.29, 1.82) is 0 Å². The van der Waals surface area contributed by atoms with E-state index in [-0.39, 0.29) is 19.2 Å². The average molecular weight is 415 g/mol. The number of hydrogen-bond donors (Lipinski definition) is 0. The molecule has 1 aliphatic rings. The molecule has 6 heteroatoms. The third-order valence-corrected chi connectivity index (χ3v) is 4.93. The summed E-state index contributed by atoms with van der Waals surface area (Å²) < 4.78 is 17.0. The Kier molecular flexibility index (Phi) is 5.42. The fourth-order valence-electron chi connectivity index (χ4n) is 3.13. The van der Waals surface area contributed by atoms with E-state index in [1.807, 2.05) is 48.5 Å². The second-order valence-electron chi connectivity index (χ2n) is 6.20. The van der Waals surface area contributed by atoms with E-state index in [4.69, 9.17) is 37.4 Å². The number of carbonyl (C=O) groups is 1. The summed E-state index contributed by atoms with van der Waals surface area (Å²) in [5.41, 5.74) is 1.57. The molecule has 0 saturated carbocycles. The highest BCUT2D eigenvalue weighted by atomic mass is 35.5. The molecule has 0 aliphatic carbocycles. The molecule has 0 aromatic heterocycles. The maximum atomic E-state index is 12.9. The Morgan fingerprint density at radius 3 is 2.18 bits per heavy atom. The molecule has 0 saturated heterocycles. The van der Waals surface area contributed by atoms with Gasteiger partial charge >= 0.3 is 5.97 Å². The van der Waals surface area contributed by atoms with Gasteiger partial charge in [-0.05, 0) is 30.3 Å². The highest BCUT2D eigenvalue weighted by molar-refractivity contribution is 6.35. The molecule has 28 heavy (non-hydrogen) atoms. The molecule has 1 heterocycles. The number of hydrogen-bond acceptors (Lipinski definition) is 4. The average Bonchev–Trinajstić information content (AvgIpc) is 2.70. The molecule has 0 amide bonds. The largest absolute Gasteiger partial charge is 0.488 e. The lowest BCUT2D eigenvalue weighted by molar-refractivity contribution is -0.145. The van der Waals surface area contributed by atoms with Crippen LogP contribution in [0.25, 0.3) is 0 Å². The predicted octanol–water partition coefficient (Wildman–Crippen LogP) is 5.85. The molecule has 0 bridgehead atoms. The number of esters is 1. The quantitative estimate of drug-likeness (QED) is 0.387. The maximum absolute atomic E-state index is 12.9. The van der Waals surface area contributed by atoms with Crippen molar-refractivity contribution in [3.8, 4) is 17.2 Å². The normalized spacial score (nSPS) is 12.5. The monoisotopic (exact) mass is 414 g/mol. The van der Waals surface area contributed by atoms with Crippen LogP contribution in [0.1, 0.15) is 17.0 Å². The van der Waals surface area contributed by atoms with E-state index in [0.717, 1.165) is 11.1 Å². The third-order valence-electron chi connectivity index (χ3n) is 4.39. The van der Waals surface area contributed by atoms with Crippen LogP contribution >= 0.6 is 23.2 Å². The van der Waals surface area contributed by atoms with Crippen molar-refractivity contribution < 1.29 is 19.0 Å². The van der Waals surface area contributed by atoms with E-state index in [9.17, 15) is 4.79 Å². The Morgan fingerprint density at radius 2 is 1.54 bits per heavy atom. The fourth-order valence-corrected chi connectivity index (χ4v) is 3.60. The first-order valence-corrected chi connectivity index (χ1v) is 9.49. The Hall–Kier alpha value is -2.69. The Morgan fingerprint density at radius 1 is 0.893 bits per heavy atom. The summed E-state index contributed by atoms with van der Waals surface area (Å²) in [4.78, 5) is 12.9. The van der Waals surface area contributed by atoms with E-state index >= 15 is 0 Å². The van der Waals surface area contributed by atoms with Crippen LogP contribution in [-0.2, 0) is 9.53 Å². The number of fused-ring (bicyclic) bond motifs is 2. The lowest BCUT2D eigenvalue weighted by atomic mass is 9.88. The van der Waals surface area contributed by atoms with Gasteiger partial charge in [0.2, 0.25) is 0 Å². The summed E-state index contributed by atoms with van der Waals surface area (Å²) in [7, 11) is 0. The summed E-state index contributed by atoms with van der Waals surface area (Å²) in [6.45, 7) is 0.277. The van der Waals surface area contributed by atoms with Gasteiger partial charge in [0.15, 0.2) is 0 Å². The van der Waals surface area contributed by atoms with Gasteiger partial charge in [0.25, 0.3) is 0 Å². The minimum absolute atomic E-state index is 0.0967. The maximum Gasteiger partial charge on any atom is 0.318 e. The summed E-state index contributed by atoms with van der Waals surface area (Å²) >= 11 is 11.9. The van der Waals surface area contributed by atoms with Crippen LogP contribution in [0.2, 0.25) is 10.0 Å². The topological polar surface area (TPSA) is 44.8 Å². The van der Waals surface area contributed by atoms with Crippen LogP contribution in [-0.4, -0.2) is 19.2 Å². The van der Waals surface area contributed by atoms with Crippen LogP contribution in [0.15, 0.2) is 66.7 Å². The molecule has 3 aromatic rings. The summed E-state index contributed by atoms with van der Waals surface area (Å²) in [6, 6.07) is 19.9. The molecule has 0 N–H and O–H groups in total. The fraction of sp³-hybridized carbons (Fsp3) is 0.136. The molecule has 0 spiro atoms. The van der Waals surface area contributed by atoms with Crippen LogP contribution in [0.4, 0.5) is 0 Å². The molecular weight excluding hydrogens is 399 g/mol. The Bertz CT molecular complexity index is 973. The first kappa shape index (κ1) is 18.7. The zero-order valence-corrected chi connectivity index (χ0v) is 16.2. The smallest absolute Gasteiger partial charge is 0.318 e. The van der Waals surface area contributed by atoms with Gasteiger partial charge < -0.3 is 14.2 Å². The standard InChI is InChI=1S/C22H16Cl2O4/c23-14-9-10-20(17(24)13-14)26-11-12-27-22(25)21-15-5-1-3-7-18(15)28-19-8-4-2-6-16(19)21/h1-10,13,21H,11-12H2. The number of ether oxygens (including phenoxy) is 3. The number of rotatable bonds is 5. The molecule has 0 radical (unpaired) electrons. The van der Waals surface area contributed by atoms with Gasteiger partial charge in [0.05, 0.1) is 5.02 Å². The summed E-state index contributed by atoms with van der Waals surface area (Å²) in [6.07, 6.45) is 0. The van der Waals surface area contributed by atoms with E-state index < -0.39 is 5.92 Å². The van der Waals surface area contributed by atoms with E-state index in [1.165, 1.54) is 0 Å². The van der Waals surface area contributed by atoms with Crippen molar-refractivity contribution in [2.45, 2.75) is 5.92 Å². The minimum Gasteiger partial charge on any atom is -0.488 e. The first-order chi connectivity index (χ1) is 13.6. The lowest BCUT2D eigenvalue weighted by Gasteiger charge is -2.26. The predicted molar refractivity (Wildman–Crippen MR) is 108 cm³/mol. The van der Waals surface area contributed by atoms with Gasteiger partial charge in [-0.25, -0.2) is 0 Å². The van der Waals surface area contributed by atoms with Crippen molar-refractivity contribution >= 4 is 29.2 Å². The molecular formula is C22H16Cl2O4. The number of para-hydroxylation sites is 2.